The van der Waals surface area contributed by atoms with Crippen molar-refractivity contribution in [3.63, 3.8) is 0 Å². The fourth-order valence-corrected chi connectivity index (χ4v) is 2.27. The van der Waals surface area contributed by atoms with Gasteiger partial charge in [-0.25, -0.2) is 0 Å². The second-order valence-electron chi connectivity index (χ2n) is 5.27. The van der Waals surface area contributed by atoms with Gasteiger partial charge >= 0.3 is 0 Å². The number of nitrogens with zero attached hydrogens (tertiary/aromatic N) is 2. The summed E-state index contributed by atoms with van der Waals surface area (Å²) in [5.74, 6) is -1.19. The van der Waals surface area contributed by atoms with Gasteiger partial charge in [0.1, 0.15) is 0 Å². The predicted octanol–water partition coefficient (Wildman–Crippen LogP) is 2.48. The fourth-order valence-electron chi connectivity index (χ4n) is 2.27. The van der Waals surface area contributed by atoms with Crippen molar-refractivity contribution in [1.29, 1.82) is 0 Å². The lowest BCUT2D eigenvalue weighted by atomic mass is 10.1. The van der Waals surface area contributed by atoms with Crippen molar-refractivity contribution < 1.29 is 9.59 Å². The molecule has 0 saturated heterocycles. The van der Waals surface area contributed by atoms with E-state index in [0.29, 0.717) is 22.6 Å². The van der Waals surface area contributed by atoms with Crippen LogP contribution in [0.5, 0.6) is 0 Å². The Labute approximate surface area is 124 Å². The van der Waals surface area contributed by atoms with E-state index in [0.717, 1.165) is 11.1 Å². The van der Waals surface area contributed by atoms with E-state index in [1.807, 2.05) is 32.0 Å². The first kappa shape index (κ1) is 15.0. The number of ketones is 1. The summed E-state index contributed by atoms with van der Waals surface area (Å²) < 4.78 is 1.60. The molecule has 0 atom stereocenters. The Balaban J connectivity index is 2.28. The molecule has 0 aliphatic rings. The molecule has 1 aromatic heterocycles. The molecule has 2 aromatic rings. The van der Waals surface area contributed by atoms with Gasteiger partial charge < -0.3 is 5.32 Å². The Morgan fingerprint density at radius 3 is 2.38 bits per heavy atom. The van der Waals surface area contributed by atoms with Crippen LogP contribution in [0.25, 0.3) is 0 Å². The molecule has 0 fully saturated rings. The van der Waals surface area contributed by atoms with Crippen LogP contribution in [0.3, 0.4) is 0 Å². The molecule has 1 N–H and O–H groups in total. The SMILES string of the molecule is Cc1ccc(C)c(NC(=O)C(=O)c2c(C)nn(C)c2C)c1. The van der Waals surface area contributed by atoms with E-state index in [1.165, 1.54) is 0 Å². The van der Waals surface area contributed by atoms with E-state index in [2.05, 4.69) is 10.4 Å². The smallest absolute Gasteiger partial charge is 0.296 e. The second-order valence-corrected chi connectivity index (χ2v) is 5.27. The van der Waals surface area contributed by atoms with Crippen LogP contribution in [0.2, 0.25) is 0 Å². The lowest BCUT2D eigenvalue weighted by Gasteiger charge is -2.09. The Bertz CT molecular complexity index is 729. The summed E-state index contributed by atoms with van der Waals surface area (Å²) in [5.41, 5.74) is 4.23. The highest BCUT2D eigenvalue weighted by atomic mass is 16.2. The zero-order valence-electron chi connectivity index (χ0n) is 12.9. The van der Waals surface area contributed by atoms with E-state index in [-0.39, 0.29) is 0 Å². The van der Waals surface area contributed by atoms with Gasteiger partial charge in [0.25, 0.3) is 11.7 Å². The average molecular weight is 285 g/mol. The Kier molecular flexibility index (Phi) is 3.93. The summed E-state index contributed by atoms with van der Waals surface area (Å²) in [5, 5.41) is 6.86. The maximum Gasteiger partial charge on any atom is 0.296 e. The van der Waals surface area contributed by atoms with Crippen LogP contribution in [0.15, 0.2) is 18.2 Å². The molecule has 0 radical (unpaired) electrons. The van der Waals surface area contributed by atoms with Gasteiger partial charge in [-0.15, -0.1) is 0 Å². The molecule has 110 valence electrons. The summed E-state index contributed by atoms with van der Waals surface area (Å²) in [7, 11) is 1.75. The summed E-state index contributed by atoms with van der Waals surface area (Å²) in [6.07, 6.45) is 0. The minimum absolute atomic E-state index is 0.375. The molecule has 1 amide bonds. The monoisotopic (exact) mass is 285 g/mol. The number of benzene rings is 1. The molecule has 0 unspecified atom stereocenters. The molecule has 0 bridgehead atoms. The summed E-state index contributed by atoms with van der Waals surface area (Å²) >= 11 is 0. The van der Waals surface area contributed by atoms with Gasteiger partial charge in [0.15, 0.2) is 0 Å². The Hall–Kier alpha value is -2.43. The third kappa shape index (κ3) is 2.86. The highest BCUT2D eigenvalue weighted by Gasteiger charge is 2.24. The van der Waals surface area contributed by atoms with Crippen LogP contribution in [-0.2, 0) is 11.8 Å². The number of Topliss-reactive ketones (excluding diaryl/α,β-unsaturated/α-hetero) is 1. The van der Waals surface area contributed by atoms with Gasteiger partial charge in [0.2, 0.25) is 0 Å². The Morgan fingerprint density at radius 2 is 1.81 bits per heavy atom. The normalized spacial score (nSPS) is 10.5. The van der Waals surface area contributed by atoms with Crippen molar-refractivity contribution in [3.8, 4) is 0 Å². The van der Waals surface area contributed by atoms with Crippen molar-refractivity contribution >= 4 is 17.4 Å². The second kappa shape index (κ2) is 5.52. The quantitative estimate of drug-likeness (QED) is 0.696. The van der Waals surface area contributed by atoms with Crippen molar-refractivity contribution in [2.75, 3.05) is 5.32 Å². The molecule has 21 heavy (non-hydrogen) atoms. The molecule has 5 heteroatoms. The minimum Gasteiger partial charge on any atom is -0.319 e. The summed E-state index contributed by atoms with van der Waals surface area (Å²) in [4.78, 5) is 24.5. The highest BCUT2D eigenvalue weighted by molar-refractivity contribution is 6.47. The number of aryl methyl sites for hydroxylation is 4. The van der Waals surface area contributed by atoms with Crippen LogP contribution < -0.4 is 5.32 Å². The van der Waals surface area contributed by atoms with Gasteiger partial charge in [-0.05, 0) is 44.9 Å². The molecule has 1 aromatic carbocycles. The first-order valence-corrected chi connectivity index (χ1v) is 6.74. The number of carbonyl (C=O) groups is 2. The zero-order valence-corrected chi connectivity index (χ0v) is 12.9. The molecule has 0 aliphatic carbocycles. The maximum atomic E-state index is 12.3. The lowest BCUT2D eigenvalue weighted by Crippen LogP contribution is -2.24. The topological polar surface area (TPSA) is 64.0 Å². The molecule has 1 heterocycles. The van der Waals surface area contributed by atoms with Crippen LogP contribution in [-0.4, -0.2) is 21.5 Å². The third-order valence-corrected chi connectivity index (χ3v) is 3.58. The molecule has 5 nitrogen and oxygen atoms in total. The number of rotatable bonds is 3. The molecular formula is C16H19N3O2. The van der Waals surface area contributed by atoms with Crippen molar-refractivity contribution in [1.82, 2.24) is 9.78 Å². The summed E-state index contributed by atoms with van der Waals surface area (Å²) in [6.45, 7) is 7.33. The van der Waals surface area contributed by atoms with Crippen molar-refractivity contribution in [3.05, 3.63) is 46.3 Å². The van der Waals surface area contributed by atoms with Gasteiger partial charge in [-0.3, -0.25) is 14.3 Å². The number of nitrogens with one attached hydrogen (secondary N) is 1. The average Bonchev–Trinajstić information content (AvgIpc) is 2.67. The molecule has 0 aliphatic heterocycles. The van der Waals surface area contributed by atoms with E-state index in [4.69, 9.17) is 0 Å². The predicted molar refractivity (Wildman–Crippen MR) is 81.6 cm³/mol. The van der Waals surface area contributed by atoms with Crippen LogP contribution in [0.1, 0.15) is 32.9 Å². The molecule has 0 spiro atoms. The van der Waals surface area contributed by atoms with E-state index in [9.17, 15) is 9.59 Å². The maximum absolute atomic E-state index is 12.3. The van der Waals surface area contributed by atoms with Gasteiger partial charge in [-0.2, -0.15) is 5.10 Å². The number of aromatic nitrogens is 2. The standard InChI is InChI=1S/C16H19N3O2/c1-9-6-7-10(2)13(8-9)17-16(21)15(20)14-11(3)18-19(5)12(14)4/h6-8H,1-5H3,(H,17,21). The minimum atomic E-state index is -0.636. The lowest BCUT2D eigenvalue weighted by molar-refractivity contribution is -0.112. The van der Waals surface area contributed by atoms with Crippen molar-refractivity contribution in [2.24, 2.45) is 7.05 Å². The molecule has 2 rings (SSSR count). The van der Waals surface area contributed by atoms with Gasteiger partial charge in [0, 0.05) is 18.4 Å². The highest BCUT2D eigenvalue weighted by Crippen LogP contribution is 2.18. The largest absolute Gasteiger partial charge is 0.319 e. The first-order chi connectivity index (χ1) is 9.81. The number of amides is 1. The fraction of sp³-hybridized carbons (Fsp3) is 0.312. The molecule has 0 saturated carbocycles. The summed E-state index contributed by atoms with van der Waals surface area (Å²) in [6, 6.07) is 5.72. The van der Waals surface area contributed by atoms with Crippen LogP contribution >= 0.6 is 0 Å². The third-order valence-electron chi connectivity index (χ3n) is 3.58. The van der Waals surface area contributed by atoms with E-state index >= 15 is 0 Å². The number of hydrogen-bond donors (Lipinski definition) is 1. The van der Waals surface area contributed by atoms with Gasteiger partial charge in [-0.1, -0.05) is 12.1 Å². The van der Waals surface area contributed by atoms with E-state index < -0.39 is 11.7 Å². The van der Waals surface area contributed by atoms with Crippen LogP contribution in [0.4, 0.5) is 5.69 Å². The zero-order chi connectivity index (χ0) is 15.7. The van der Waals surface area contributed by atoms with E-state index in [1.54, 1.807) is 25.6 Å². The molecular weight excluding hydrogens is 266 g/mol. The number of anilines is 1. The van der Waals surface area contributed by atoms with Gasteiger partial charge in [0.05, 0.1) is 11.3 Å². The first-order valence-electron chi connectivity index (χ1n) is 6.74. The Morgan fingerprint density at radius 1 is 1.14 bits per heavy atom. The number of hydrogen-bond acceptors (Lipinski definition) is 3. The van der Waals surface area contributed by atoms with Crippen molar-refractivity contribution in [2.45, 2.75) is 27.7 Å². The number of carbonyl (C=O) groups excluding carboxylic acids is 2. The van der Waals surface area contributed by atoms with Crippen LogP contribution in [0, 0.1) is 27.7 Å².